The van der Waals surface area contributed by atoms with Gasteiger partial charge in [0.05, 0.1) is 6.21 Å². The Balaban J connectivity index is 1.96. The second-order valence-electron chi connectivity index (χ2n) is 7.48. The fourth-order valence-electron chi connectivity index (χ4n) is 2.85. The summed E-state index contributed by atoms with van der Waals surface area (Å²) in [6.45, 7) is 8.48. The molecule has 0 saturated heterocycles. The van der Waals surface area contributed by atoms with E-state index in [2.05, 4.69) is 57.1 Å². The molecule has 3 aromatic rings. The van der Waals surface area contributed by atoms with E-state index < -0.39 is 0 Å². The Morgan fingerprint density at radius 3 is 2.38 bits per heavy atom. The van der Waals surface area contributed by atoms with Crippen LogP contribution in [0.1, 0.15) is 37.5 Å². The molecule has 4 heteroatoms. The molecular formula is C22H25N2OP. The summed E-state index contributed by atoms with van der Waals surface area (Å²) < 4.78 is 1.78. The standard InChI is InChI=1S/C22H25N2OP/c1-16-13-18(22(2,3)4)21(25)20(14-16)26-19-10-6-5-9-17(19)15-23-24-11-7-8-12-24/h5-15,25-26H,1-4H3/b23-15-. The van der Waals surface area contributed by atoms with Crippen LogP contribution in [0.3, 0.4) is 0 Å². The summed E-state index contributed by atoms with van der Waals surface area (Å²) in [7, 11) is 0.371. The van der Waals surface area contributed by atoms with Crippen molar-refractivity contribution in [1.29, 1.82) is 0 Å². The van der Waals surface area contributed by atoms with E-state index in [1.807, 2.05) is 42.9 Å². The fourth-order valence-corrected chi connectivity index (χ4v) is 4.16. The van der Waals surface area contributed by atoms with Gasteiger partial charge in [-0.1, -0.05) is 59.7 Å². The zero-order valence-corrected chi connectivity index (χ0v) is 16.7. The van der Waals surface area contributed by atoms with Crippen LogP contribution in [-0.4, -0.2) is 16.0 Å². The van der Waals surface area contributed by atoms with Gasteiger partial charge in [-0.05, 0) is 41.4 Å². The summed E-state index contributed by atoms with van der Waals surface area (Å²) >= 11 is 0. The van der Waals surface area contributed by atoms with E-state index in [1.54, 1.807) is 4.68 Å². The maximum absolute atomic E-state index is 10.9. The number of nitrogens with zero attached hydrogens (tertiary/aromatic N) is 2. The van der Waals surface area contributed by atoms with Crippen molar-refractivity contribution in [3.63, 3.8) is 0 Å². The Morgan fingerprint density at radius 1 is 1.00 bits per heavy atom. The minimum atomic E-state index is -0.0925. The van der Waals surface area contributed by atoms with Crippen LogP contribution in [0.2, 0.25) is 0 Å². The van der Waals surface area contributed by atoms with Crippen molar-refractivity contribution in [1.82, 2.24) is 4.68 Å². The lowest BCUT2D eigenvalue weighted by atomic mass is 9.85. The molecule has 0 amide bonds. The number of hydrogen-bond acceptors (Lipinski definition) is 2. The highest BCUT2D eigenvalue weighted by Gasteiger charge is 2.21. The molecule has 134 valence electrons. The van der Waals surface area contributed by atoms with Gasteiger partial charge in [-0.3, -0.25) is 0 Å². The van der Waals surface area contributed by atoms with Crippen LogP contribution in [0.25, 0.3) is 0 Å². The molecule has 1 heterocycles. The van der Waals surface area contributed by atoms with Crippen molar-refractivity contribution in [2.24, 2.45) is 5.10 Å². The number of aromatic nitrogens is 1. The predicted octanol–water partition coefficient (Wildman–Crippen LogP) is 4.31. The number of benzene rings is 2. The van der Waals surface area contributed by atoms with Crippen LogP contribution < -0.4 is 10.6 Å². The maximum atomic E-state index is 10.9. The number of phenolic OH excluding ortho intramolecular Hbond substituents is 1. The second kappa shape index (κ2) is 7.47. The van der Waals surface area contributed by atoms with E-state index >= 15 is 0 Å². The highest BCUT2D eigenvalue weighted by molar-refractivity contribution is 7.56. The van der Waals surface area contributed by atoms with Gasteiger partial charge in [0.1, 0.15) is 5.75 Å². The van der Waals surface area contributed by atoms with Crippen molar-refractivity contribution in [3.8, 4) is 5.75 Å². The average Bonchev–Trinajstić information content (AvgIpc) is 3.09. The largest absolute Gasteiger partial charge is 0.507 e. The minimum Gasteiger partial charge on any atom is -0.507 e. The summed E-state index contributed by atoms with van der Waals surface area (Å²) in [6, 6.07) is 16.3. The van der Waals surface area contributed by atoms with Gasteiger partial charge in [0, 0.05) is 28.8 Å². The van der Waals surface area contributed by atoms with Gasteiger partial charge in [0.2, 0.25) is 0 Å². The molecule has 1 atom stereocenters. The third-order valence-electron chi connectivity index (χ3n) is 4.21. The quantitative estimate of drug-likeness (QED) is 0.544. The first-order valence-corrected chi connectivity index (χ1v) is 9.72. The first kappa shape index (κ1) is 18.4. The molecule has 3 rings (SSSR count). The van der Waals surface area contributed by atoms with Crippen LogP contribution in [0.15, 0.2) is 66.0 Å². The number of aromatic hydroxyl groups is 1. The lowest BCUT2D eigenvalue weighted by Gasteiger charge is -2.23. The first-order valence-electron chi connectivity index (χ1n) is 8.72. The van der Waals surface area contributed by atoms with Crippen molar-refractivity contribution < 1.29 is 5.11 Å². The molecule has 0 saturated carbocycles. The third kappa shape index (κ3) is 4.23. The van der Waals surface area contributed by atoms with Gasteiger partial charge in [-0.25, -0.2) is 4.68 Å². The lowest BCUT2D eigenvalue weighted by Crippen LogP contribution is -2.17. The summed E-state index contributed by atoms with van der Waals surface area (Å²) in [5.41, 5.74) is 3.15. The number of phenols is 1. The van der Waals surface area contributed by atoms with Gasteiger partial charge >= 0.3 is 0 Å². The van der Waals surface area contributed by atoms with Gasteiger partial charge < -0.3 is 5.11 Å². The molecule has 1 N–H and O–H groups in total. The summed E-state index contributed by atoms with van der Waals surface area (Å²) in [5.74, 6) is 0.415. The van der Waals surface area contributed by atoms with Gasteiger partial charge in [-0.2, -0.15) is 5.10 Å². The molecular weight excluding hydrogens is 339 g/mol. The number of hydrogen-bond donors (Lipinski definition) is 1. The zero-order valence-electron chi connectivity index (χ0n) is 15.7. The first-order chi connectivity index (χ1) is 12.3. The van der Waals surface area contributed by atoms with E-state index in [-0.39, 0.29) is 5.41 Å². The average molecular weight is 364 g/mol. The Labute approximate surface area is 157 Å². The third-order valence-corrected chi connectivity index (χ3v) is 5.59. The monoisotopic (exact) mass is 364 g/mol. The van der Waals surface area contributed by atoms with Crippen molar-refractivity contribution >= 4 is 25.4 Å². The number of rotatable bonds is 4. The molecule has 0 fully saturated rings. The van der Waals surface area contributed by atoms with Gasteiger partial charge in [0.25, 0.3) is 0 Å². The Bertz CT molecular complexity index is 922. The molecule has 0 radical (unpaired) electrons. The number of aryl methyl sites for hydroxylation is 1. The highest BCUT2D eigenvalue weighted by Crippen LogP contribution is 2.33. The maximum Gasteiger partial charge on any atom is 0.127 e. The van der Waals surface area contributed by atoms with Crippen molar-refractivity contribution in [3.05, 3.63) is 77.6 Å². The van der Waals surface area contributed by atoms with E-state index in [0.29, 0.717) is 14.3 Å². The Morgan fingerprint density at radius 2 is 1.69 bits per heavy atom. The van der Waals surface area contributed by atoms with Crippen LogP contribution in [0.5, 0.6) is 5.75 Å². The normalized spacial score (nSPS) is 12.5. The van der Waals surface area contributed by atoms with Crippen LogP contribution >= 0.6 is 8.58 Å². The van der Waals surface area contributed by atoms with E-state index in [1.165, 1.54) is 10.9 Å². The van der Waals surface area contributed by atoms with Crippen molar-refractivity contribution in [2.75, 3.05) is 0 Å². The van der Waals surface area contributed by atoms with E-state index in [4.69, 9.17) is 0 Å². The highest BCUT2D eigenvalue weighted by atomic mass is 31.1. The van der Waals surface area contributed by atoms with Crippen LogP contribution in [0, 0.1) is 6.92 Å². The molecule has 26 heavy (non-hydrogen) atoms. The SMILES string of the molecule is Cc1cc(Pc2ccccc2/C=N\n2cccc2)c(O)c(C(C)(C)C)c1. The minimum absolute atomic E-state index is 0.0925. The Kier molecular flexibility index (Phi) is 5.29. The lowest BCUT2D eigenvalue weighted by molar-refractivity contribution is 0.450. The summed E-state index contributed by atoms with van der Waals surface area (Å²) in [6.07, 6.45) is 5.69. The summed E-state index contributed by atoms with van der Waals surface area (Å²) in [4.78, 5) is 0. The molecule has 0 aliphatic carbocycles. The molecule has 1 unspecified atom stereocenters. The second-order valence-corrected chi connectivity index (χ2v) is 8.81. The fraction of sp³-hybridized carbons (Fsp3) is 0.227. The molecule has 0 bridgehead atoms. The Hall–Kier alpha value is -2.38. The molecule has 3 nitrogen and oxygen atoms in total. The molecule has 0 spiro atoms. The van der Waals surface area contributed by atoms with Gasteiger partial charge in [-0.15, -0.1) is 0 Å². The molecule has 1 aromatic heterocycles. The molecule has 0 aliphatic heterocycles. The predicted molar refractivity (Wildman–Crippen MR) is 113 cm³/mol. The summed E-state index contributed by atoms with van der Waals surface area (Å²) in [5, 5.41) is 17.5. The van der Waals surface area contributed by atoms with Crippen molar-refractivity contribution in [2.45, 2.75) is 33.1 Å². The zero-order chi connectivity index (χ0) is 18.7. The smallest absolute Gasteiger partial charge is 0.127 e. The molecule has 2 aromatic carbocycles. The topological polar surface area (TPSA) is 37.5 Å². The van der Waals surface area contributed by atoms with Crippen LogP contribution in [0.4, 0.5) is 0 Å². The van der Waals surface area contributed by atoms with E-state index in [9.17, 15) is 5.11 Å². The van der Waals surface area contributed by atoms with E-state index in [0.717, 1.165) is 16.4 Å². The van der Waals surface area contributed by atoms with Crippen LogP contribution in [-0.2, 0) is 5.41 Å². The molecule has 0 aliphatic rings. The van der Waals surface area contributed by atoms with Gasteiger partial charge in [0.15, 0.2) is 0 Å².